The molecule has 0 fully saturated rings. The molecule has 0 amide bonds. The number of rotatable bonds is 9. The number of hydrogen-bond acceptors (Lipinski definition) is 2. The number of benzene rings is 1. The van der Waals surface area contributed by atoms with E-state index >= 15 is 0 Å². The van der Waals surface area contributed by atoms with Crippen LogP contribution in [-0.4, -0.2) is 19.7 Å². The molecule has 0 radical (unpaired) electrons. The zero-order valence-electron chi connectivity index (χ0n) is 12.9. The van der Waals surface area contributed by atoms with Crippen molar-refractivity contribution in [1.29, 1.82) is 0 Å². The predicted octanol–water partition coefficient (Wildman–Crippen LogP) is 4.04. The molecule has 2 atom stereocenters. The summed E-state index contributed by atoms with van der Waals surface area (Å²) < 4.78 is 5.30. The van der Waals surface area contributed by atoms with Crippen molar-refractivity contribution in [3.8, 4) is 5.75 Å². The highest BCUT2D eigenvalue weighted by Gasteiger charge is 2.13. The zero-order chi connectivity index (χ0) is 14.1. The molecule has 2 heteroatoms. The molecule has 1 aromatic carbocycles. The van der Waals surface area contributed by atoms with Gasteiger partial charge in [0.25, 0.3) is 0 Å². The third-order valence-electron chi connectivity index (χ3n) is 3.58. The van der Waals surface area contributed by atoms with E-state index in [1.165, 1.54) is 24.8 Å². The van der Waals surface area contributed by atoms with Crippen molar-refractivity contribution < 1.29 is 4.74 Å². The fourth-order valence-electron chi connectivity index (χ4n) is 2.71. The van der Waals surface area contributed by atoms with Crippen molar-refractivity contribution in [1.82, 2.24) is 5.32 Å². The summed E-state index contributed by atoms with van der Waals surface area (Å²) >= 11 is 0. The lowest BCUT2D eigenvalue weighted by Gasteiger charge is -2.22. The maximum absolute atomic E-state index is 5.30. The first kappa shape index (κ1) is 16.0. The Labute approximate surface area is 118 Å². The van der Waals surface area contributed by atoms with E-state index in [0.717, 1.165) is 24.6 Å². The molecule has 2 nitrogen and oxygen atoms in total. The SMILES string of the molecule is CCCC(C)CC(Cc1cccc(OC)c1)NCC. The van der Waals surface area contributed by atoms with E-state index in [4.69, 9.17) is 4.74 Å². The van der Waals surface area contributed by atoms with Crippen LogP contribution in [0.15, 0.2) is 24.3 Å². The van der Waals surface area contributed by atoms with E-state index < -0.39 is 0 Å². The Morgan fingerprint density at radius 3 is 2.68 bits per heavy atom. The second-order valence-electron chi connectivity index (χ2n) is 5.44. The summed E-state index contributed by atoms with van der Waals surface area (Å²) in [6.07, 6.45) is 4.93. The first-order valence-electron chi connectivity index (χ1n) is 7.55. The molecule has 0 aliphatic carbocycles. The van der Waals surface area contributed by atoms with Gasteiger partial charge >= 0.3 is 0 Å². The van der Waals surface area contributed by atoms with Gasteiger partial charge < -0.3 is 10.1 Å². The Hall–Kier alpha value is -1.02. The molecule has 0 aliphatic rings. The van der Waals surface area contributed by atoms with Crippen LogP contribution in [0.3, 0.4) is 0 Å². The van der Waals surface area contributed by atoms with E-state index in [9.17, 15) is 0 Å². The second kappa shape index (κ2) is 8.98. The van der Waals surface area contributed by atoms with Gasteiger partial charge in [-0.15, -0.1) is 0 Å². The van der Waals surface area contributed by atoms with E-state index in [1.807, 2.05) is 6.07 Å². The van der Waals surface area contributed by atoms with Gasteiger partial charge in [0.15, 0.2) is 0 Å². The molecule has 0 heterocycles. The lowest BCUT2D eigenvalue weighted by molar-refractivity contribution is 0.384. The standard InChI is InChI=1S/C17H29NO/c1-5-8-14(3)11-16(18-6-2)12-15-9-7-10-17(13-15)19-4/h7,9-10,13-14,16,18H,5-6,8,11-12H2,1-4H3. The summed E-state index contributed by atoms with van der Waals surface area (Å²) in [4.78, 5) is 0. The summed E-state index contributed by atoms with van der Waals surface area (Å²) in [5.41, 5.74) is 1.36. The molecule has 108 valence electrons. The summed E-state index contributed by atoms with van der Waals surface area (Å²) in [5, 5.41) is 3.62. The topological polar surface area (TPSA) is 21.3 Å². The number of methoxy groups -OCH3 is 1. The molecule has 1 N–H and O–H groups in total. The van der Waals surface area contributed by atoms with Gasteiger partial charge in [-0.25, -0.2) is 0 Å². The van der Waals surface area contributed by atoms with Gasteiger partial charge in [0, 0.05) is 6.04 Å². The quantitative estimate of drug-likeness (QED) is 0.726. The number of nitrogens with one attached hydrogen (secondary N) is 1. The van der Waals surface area contributed by atoms with Crippen molar-refractivity contribution in [2.75, 3.05) is 13.7 Å². The Kier molecular flexibility index (Phi) is 7.57. The number of ether oxygens (including phenoxy) is 1. The Bertz CT molecular complexity index is 351. The molecule has 0 aliphatic heterocycles. The van der Waals surface area contributed by atoms with Crippen LogP contribution >= 0.6 is 0 Å². The summed E-state index contributed by atoms with van der Waals surface area (Å²) in [7, 11) is 1.73. The van der Waals surface area contributed by atoms with E-state index in [2.05, 4.69) is 44.3 Å². The van der Waals surface area contributed by atoms with Crippen LogP contribution in [0, 0.1) is 5.92 Å². The molecule has 0 bridgehead atoms. The average Bonchev–Trinajstić information content (AvgIpc) is 2.39. The number of likely N-dealkylation sites (N-methyl/N-ethyl adjacent to an activating group) is 1. The van der Waals surface area contributed by atoms with Gasteiger partial charge in [-0.3, -0.25) is 0 Å². The number of hydrogen-bond donors (Lipinski definition) is 1. The van der Waals surface area contributed by atoms with Crippen LogP contribution in [0.25, 0.3) is 0 Å². The summed E-state index contributed by atoms with van der Waals surface area (Å²) in [5.74, 6) is 1.74. The van der Waals surface area contributed by atoms with Crippen LogP contribution in [0.5, 0.6) is 5.75 Å². The van der Waals surface area contributed by atoms with Crippen LogP contribution < -0.4 is 10.1 Å². The van der Waals surface area contributed by atoms with Crippen LogP contribution in [0.4, 0.5) is 0 Å². The van der Waals surface area contributed by atoms with Crippen LogP contribution in [0.2, 0.25) is 0 Å². The summed E-state index contributed by atoms with van der Waals surface area (Å²) in [6, 6.07) is 8.99. The highest BCUT2D eigenvalue weighted by atomic mass is 16.5. The van der Waals surface area contributed by atoms with Crippen molar-refractivity contribution in [2.45, 2.75) is 52.5 Å². The first-order chi connectivity index (χ1) is 9.19. The minimum atomic E-state index is 0.568. The fraction of sp³-hybridized carbons (Fsp3) is 0.647. The molecular formula is C17H29NO. The zero-order valence-corrected chi connectivity index (χ0v) is 12.9. The molecule has 2 unspecified atom stereocenters. The van der Waals surface area contributed by atoms with Crippen molar-refractivity contribution in [2.24, 2.45) is 5.92 Å². The molecule has 0 saturated carbocycles. The van der Waals surface area contributed by atoms with Crippen molar-refractivity contribution >= 4 is 0 Å². The maximum Gasteiger partial charge on any atom is 0.119 e. The van der Waals surface area contributed by atoms with Gasteiger partial charge in [-0.2, -0.15) is 0 Å². The molecule has 0 saturated heterocycles. The van der Waals surface area contributed by atoms with Crippen molar-refractivity contribution in [3.05, 3.63) is 29.8 Å². The Morgan fingerprint density at radius 2 is 2.05 bits per heavy atom. The molecule has 0 spiro atoms. The van der Waals surface area contributed by atoms with E-state index in [0.29, 0.717) is 6.04 Å². The molecular weight excluding hydrogens is 234 g/mol. The van der Waals surface area contributed by atoms with Gasteiger partial charge in [0.05, 0.1) is 7.11 Å². The fourth-order valence-corrected chi connectivity index (χ4v) is 2.71. The largest absolute Gasteiger partial charge is 0.497 e. The Morgan fingerprint density at radius 1 is 1.26 bits per heavy atom. The van der Waals surface area contributed by atoms with Crippen LogP contribution in [-0.2, 0) is 6.42 Å². The lowest BCUT2D eigenvalue weighted by Crippen LogP contribution is -2.32. The van der Waals surface area contributed by atoms with Crippen molar-refractivity contribution in [3.63, 3.8) is 0 Å². The molecule has 19 heavy (non-hydrogen) atoms. The second-order valence-corrected chi connectivity index (χ2v) is 5.44. The molecule has 1 aromatic rings. The lowest BCUT2D eigenvalue weighted by atomic mass is 9.93. The normalized spacial score (nSPS) is 14.1. The highest BCUT2D eigenvalue weighted by Crippen LogP contribution is 2.18. The van der Waals surface area contributed by atoms with Crippen LogP contribution in [0.1, 0.15) is 45.6 Å². The van der Waals surface area contributed by atoms with Gasteiger partial charge in [0.2, 0.25) is 0 Å². The van der Waals surface area contributed by atoms with Gasteiger partial charge in [-0.1, -0.05) is 45.7 Å². The molecule has 0 aromatic heterocycles. The third-order valence-corrected chi connectivity index (χ3v) is 3.58. The minimum Gasteiger partial charge on any atom is -0.497 e. The third kappa shape index (κ3) is 6.11. The maximum atomic E-state index is 5.30. The molecule has 1 rings (SSSR count). The van der Waals surface area contributed by atoms with E-state index in [1.54, 1.807) is 7.11 Å². The Balaban J connectivity index is 2.60. The first-order valence-corrected chi connectivity index (χ1v) is 7.55. The summed E-state index contributed by atoms with van der Waals surface area (Å²) in [6.45, 7) is 7.84. The average molecular weight is 263 g/mol. The van der Waals surface area contributed by atoms with Gasteiger partial charge in [-0.05, 0) is 43.0 Å². The van der Waals surface area contributed by atoms with E-state index in [-0.39, 0.29) is 0 Å². The van der Waals surface area contributed by atoms with Gasteiger partial charge in [0.1, 0.15) is 5.75 Å². The minimum absolute atomic E-state index is 0.568. The monoisotopic (exact) mass is 263 g/mol. The highest BCUT2D eigenvalue weighted by molar-refractivity contribution is 5.28. The smallest absolute Gasteiger partial charge is 0.119 e. The predicted molar refractivity (Wildman–Crippen MR) is 82.9 cm³/mol.